The van der Waals surface area contributed by atoms with Gasteiger partial charge in [-0.15, -0.1) is 0 Å². The van der Waals surface area contributed by atoms with Crippen molar-refractivity contribution in [1.29, 1.82) is 0 Å². The minimum Gasteiger partial charge on any atom is -0.377 e. The van der Waals surface area contributed by atoms with Gasteiger partial charge in [0.1, 0.15) is 0 Å². The largest absolute Gasteiger partial charge is 0.377 e. The molecule has 9 nitrogen and oxygen atoms in total. The van der Waals surface area contributed by atoms with E-state index in [1.54, 1.807) is 19.0 Å². The normalized spacial score (nSPS) is 11.0. The van der Waals surface area contributed by atoms with Crippen molar-refractivity contribution in [3.63, 3.8) is 0 Å². The van der Waals surface area contributed by atoms with Crippen molar-refractivity contribution in [2.75, 3.05) is 24.3 Å². The molecule has 0 bridgehead atoms. The molecule has 2 rings (SSSR count). The lowest BCUT2D eigenvalue weighted by atomic mass is 10.1. The molecule has 3 N–H and O–H groups in total. The molecule has 0 atom stereocenters. The fourth-order valence-corrected chi connectivity index (χ4v) is 2.98. The quantitative estimate of drug-likeness (QED) is 0.580. The summed E-state index contributed by atoms with van der Waals surface area (Å²) in [5, 5.41) is 18.6. The van der Waals surface area contributed by atoms with Crippen LogP contribution in [0.5, 0.6) is 0 Å². The van der Waals surface area contributed by atoms with Gasteiger partial charge >= 0.3 is 0 Å². The van der Waals surface area contributed by atoms with Gasteiger partial charge in [-0.1, -0.05) is 12.1 Å². The number of nitrogens with two attached hydrogens (primary N) is 1. The molecule has 0 aliphatic rings. The van der Waals surface area contributed by atoms with E-state index < -0.39 is 20.9 Å². The third-order valence-corrected chi connectivity index (χ3v) is 4.23. The molecule has 0 radical (unpaired) electrons. The number of anilines is 2. The fraction of sp³-hybridized carbons (Fsp3) is 0.188. The molecular formula is C16H18N4O5S. The molecule has 2 aromatic carbocycles. The first-order chi connectivity index (χ1) is 12.1. The van der Waals surface area contributed by atoms with Crippen molar-refractivity contribution < 1.29 is 18.1 Å². The lowest BCUT2D eigenvalue weighted by molar-refractivity contribution is -0.384. The predicted octanol–water partition coefficient (Wildman–Crippen LogP) is 1.70. The summed E-state index contributed by atoms with van der Waals surface area (Å²) in [6, 6.07) is 10.2. The molecule has 0 unspecified atom stereocenters. The molecule has 0 aliphatic heterocycles. The second-order valence-corrected chi connectivity index (χ2v) is 7.43. The average Bonchev–Trinajstić information content (AvgIpc) is 2.54. The summed E-state index contributed by atoms with van der Waals surface area (Å²) in [7, 11) is -0.196. The second-order valence-electron chi connectivity index (χ2n) is 5.81. The fourth-order valence-electron chi connectivity index (χ4n) is 2.32. The van der Waals surface area contributed by atoms with E-state index in [0.29, 0.717) is 16.9 Å². The number of amides is 1. The Bertz CT molecular complexity index is 940. The van der Waals surface area contributed by atoms with E-state index in [-0.39, 0.29) is 17.0 Å². The van der Waals surface area contributed by atoms with Crippen molar-refractivity contribution in [1.82, 2.24) is 0 Å². The molecule has 0 fully saturated rings. The highest BCUT2D eigenvalue weighted by Gasteiger charge is 2.18. The molecule has 26 heavy (non-hydrogen) atoms. The monoisotopic (exact) mass is 378 g/mol. The maximum Gasteiger partial charge on any atom is 0.270 e. The Morgan fingerprint density at radius 2 is 1.81 bits per heavy atom. The van der Waals surface area contributed by atoms with Crippen LogP contribution in [-0.4, -0.2) is 33.3 Å². The smallest absolute Gasteiger partial charge is 0.270 e. The van der Waals surface area contributed by atoms with Crippen molar-refractivity contribution in [2.45, 2.75) is 5.75 Å². The molecule has 0 heterocycles. The van der Waals surface area contributed by atoms with Crippen LogP contribution in [0.3, 0.4) is 0 Å². The maximum atomic E-state index is 12.6. The number of non-ortho nitro benzene ring substituents is 1. The molecule has 0 aliphatic carbocycles. The van der Waals surface area contributed by atoms with Crippen LogP contribution in [0.4, 0.5) is 17.1 Å². The lowest BCUT2D eigenvalue weighted by Crippen LogP contribution is -2.19. The highest BCUT2D eigenvalue weighted by atomic mass is 32.2. The zero-order chi connectivity index (χ0) is 19.5. The summed E-state index contributed by atoms with van der Waals surface area (Å²) in [6.07, 6.45) is 0. The SMILES string of the molecule is CN(C)c1ccc([N+](=O)[O-])cc1C(=O)Nc1ccc(CS(N)(=O)=O)cc1. The van der Waals surface area contributed by atoms with Crippen molar-refractivity contribution in [3.8, 4) is 0 Å². The third kappa shape index (κ3) is 5.01. The first-order valence-corrected chi connectivity index (χ1v) is 9.15. The number of nitrogens with one attached hydrogen (secondary N) is 1. The summed E-state index contributed by atoms with van der Waals surface area (Å²) in [4.78, 5) is 24.6. The minimum atomic E-state index is -3.64. The first-order valence-electron chi connectivity index (χ1n) is 7.43. The van der Waals surface area contributed by atoms with Crippen molar-refractivity contribution in [3.05, 3.63) is 63.7 Å². The number of hydrogen-bond donors (Lipinski definition) is 2. The van der Waals surface area contributed by atoms with Gasteiger partial charge in [0, 0.05) is 37.6 Å². The number of sulfonamides is 1. The molecule has 0 spiro atoms. The number of nitro groups is 1. The average molecular weight is 378 g/mol. The van der Waals surface area contributed by atoms with Gasteiger partial charge in [0.05, 0.1) is 16.2 Å². The highest BCUT2D eigenvalue weighted by molar-refractivity contribution is 7.88. The minimum absolute atomic E-state index is 0.151. The number of hydrogen-bond acceptors (Lipinski definition) is 6. The molecule has 0 aromatic heterocycles. The predicted molar refractivity (Wildman–Crippen MR) is 98.6 cm³/mol. The summed E-state index contributed by atoms with van der Waals surface area (Å²) < 4.78 is 22.2. The number of nitrogens with zero attached hydrogens (tertiary/aromatic N) is 2. The molecule has 2 aromatic rings. The highest BCUT2D eigenvalue weighted by Crippen LogP contribution is 2.25. The molecular weight excluding hydrogens is 360 g/mol. The number of carbonyl (C=O) groups is 1. The molecule has 0 saturated heterocycles. The first kappa shape index (κ1) is 19.3. The van der Waals surface area contributed by atoms with E-state index in [2.05, 4.69) is 5.32 Å². The van der Waals surface area contributed by atoms with E-state index >= 15 is 0 Å². The number of nitro benzene ring substituents is 1. The van der Waals surface area contributed by atoms with E-state index in [4.69, 9.17) is 5.14 Å². The van der Waals surface area contributed by atoms with E-state index in [1.165, 1.54) is 42.5 Å². The van der Waals surface area contributed by atoms with E-state index in [1.807, 2.05) is 0 Å². The number of rotatable bonds is 6. The van der Waals surface area contributed by atoms with Gasteiger partial charge in [-0.05, 0) is 23.8 Å². The number of primary sulfonamides is 1. The summed E-state index contributed by atoms with van der Waals surface area (Å²) in [5.41, 5.74) is 1.39. The molecule has 1 amide bonds. The van der Waals surface area contributed by atoms with E-state index in [9.17, 15) is 23.3 Å². The zero-order valence-corrected chi connectivity index (χ0v) is 15.0. The van der Waals surface area contributed by atoms with Crippen molar-refractivity contribution >= 4 is 33.0 Å². The standard InChI is InChI=1S/C16H18N4O5S/c1-19(2)15-8-7-13(20(22)23)9-14(15)16(21)18-12-5-3-11(4-6-12)10-26(17,24)25/h3-9H,10H2,1-2H3,(H,18,21)(H2,17,24,25). The van der Waals surface area contributed by atoms with Crippen LogP contribution >= 0.6 is 0 Å². The topological polar surface area (TPSA) is 136 Å². The number of benzene rings is 2. The Kier molecular flexibility index (Phi) is 5.58. The van der Waals surface area contributed by atoms with Crippen LogP contribution in [0, 0.1) is 10.1 Å². The second kappa shape index (κ2) is 7.50. The van der Waals surface area contributed by atoms with Gasteiger partial charge < -0.3 is 10.2 Å². The Labute approximate surface area is 150 Å². The Morgan fingerprint density at radius 1 is 1.19 bits per heavy atom. The summed E-state index contributed by atoms with van der Waals surface area (Å²) >= 11 is 0. The molecule has 0 saturated carbocycles. The summed E-state index contributed by atoms with van der Waals surface area (Å²) in [6.45, 7) is 0. The zero-order valence-electron chi connectivity index (χ0n) is 14.2. The van der Waals surface area contributed by atoms with Gasteiger partial charge in [0.2, 0.25) is 10.0 Å². The van der Waals surface area contributed by atoms with E-state index in [0.717, 1.165) is 0 Å². The van der Waals surface area contributed by atoms with Gasteiger partial charge in [0.15, 0.2) is 0 Å². The molecule has 10 heteroatoms. The van der Waals surface area contributed by atoms with Crippen molar-refractivity contribution in [2.24, 2.45) is 5.14 Å². The lowest BCUT2D eigenvalue weighted by Gasteiger charge is -2.17. The summed E-state index contributed by atoms with van der Waals surface area (Å²) in [5.74, 6) is -0.826. The van der Waals surface area contributed by atoms with Crippen LogP contribution in [0.1, 0.15) is 15.9 Å². The van der Waals surface area contributed by atoms with Crippen LogP contribution in [-0.2, 0) is 15.8 Å². The van der Waals surface area contributed by atoms with Gasteiger partial charge in [-0.3, -0.25) is 14.9 Å². The van der Waals surface area contributed by atoms with Crippen LogP contribution < -0.4 is 15.4 Å². The van der Waals surface area contributed by atoms with Gasteiger partial charge in [-0.2, -0.15) is 0 Å². The Morgan fingerprint density at radius 3 is 2.31 bits per heavy atom. The Balaban J connectivity index is 2.26. The number of carbonyl (C=O) groups excluding carboxylic acids is 1. The van der Waals surface area contributed by atoms with Gasteiger partial charge in [-0.25, -0.2) is 13.6 Å². The van der Waals surface area contributed by atoms with Crippen LogP contribution in [0.2, 0.25) is 0 Å². The Hall–Kier alpha value is -2.98. The molecule has 138 valence electrons. The van der Waals surface area contributed by atoms with Gasteiger partial charge in [0.25, 0.3) is 11.6 Å². The maximum absolute atomic E-state index is 12.6. The van der Waals surface area contributed by atoms with Crippen LogP contribution in [0.25, 0.3) is 0 Å². The van der Waals surface area contributed by atoms with Crippen LogP contribution in [0.15, 0.2) is 42.5 Å². The third-order valence-electron chi connectivity index (χ3n) is 3.50.